The summed E-state index contributed by atoms with van der Waals surface area (Å²) < 4.78 is 0.779. The van der Waals surface area contributed by atoms with Crippen LogP contribution in [0.2, 0.25) is 0 Å². The number of halogens is 1. The second kappa shape index (κ2) is 10.2. The van der Waals surface area contributed by atoms with Crippen LogP contribution in [0, 0.1) is 5.92 Å². The molecule has 0 aromatic heterocycles. The van der Waals surface area contributed by atoms with Gasteiger partial charge in [0.1, 0.15) is 0 Å². The van der Waals surface area contributed by atoms with E-state index in [-0.39, 0.29) is 25.0 Å². The number of aryl methyl sites for hydroxylation is 1. The standard InChI is InChI=1S/C30H29BrN2O4/c1-20(6-4-5-17-34)30(37)25-18-23(31)12-15-27(25)32(29(30)36)19-21-9-13-24(14-10-21)33-26-8-3-2-7-22(26)11-16-28(33)35/h2-4,6-10,12-15,18,20,34,37H,5,11,16-17,19H2,1H3/b6-4+/t20-,30+/m1/s1. The molecule has 2 aliphatic rings. The molecule has 5 rings (SSSR count). The third kappa shape index (κ3) is 4.52. The summed E-state index contributed by atoms with van der Waals surface area (Å²) in [6.07, 6.45) is 5.24. The van der Waals surface area contributed by atoms with Gasteiger partial charge in [-0.15, -0.1) is 0 Å². The predicted molar refractivity (Wildman–Crippen MR) is 148 cm³/mol. The van der Waals surface area contributed by atoms with Crippen molar-refractivity contribution in [2.45, 2.75) is 38.3 Å². The van der Waals surface area contributed by atoms with E-state index in [9.17, 15) is 14.7 Å². The average Bonchev–Trinajstić information content (AvgIpc) is 3.11. The van der Waals surface area contributed by atoms with Crippen molar-refractivity contribution in [1.82, 2.24) is 0 Å². The van der Waals surface area contributed by atoms with Gasteiger partial charge in [-0.2, -0.15) is 0 Å². The van der Waals surface area contributed by atoms with Crippen molar-refractivity contribution >= 4 is 44.8 Å². The van der Waals surface area contributed by atoms with Gasteiger partial charge < -0.3 is 15.1 Å². The maximum atomic E-state index is 13.7. The highest BCUT2D eigenvalue weighted by Gasteiger charge is 2.52. The minimum absolute atomic E-state index is 0.00839. The first-order valence-electron chi connectivity index (χ1n) is 12.5. The molecule has 0 unspecified atom stereocenters. The number of aliphatic hydroxyl groups excluding tert-OH is 1. The molecule has 0 fully saturated rings. The molecule has 2 atom stereocenters. The van der Waals surface area contributed by atoms with Crippen molar-refractivity contribution < 1.29 is 19.8 Å². The van der Waals surface area contributed by atoms with Crippen molar-refractivity contribution in [3.8, 4) is 0 Å². The molecule has 37 heavy (non-hydrogen) atoms. The van der Waals surface area contributed by atoms with E-state index in [1.165, 1.54) is 0 Å². The van der Waals surface area contributed by atoms with Gasteiger partial charge in [0.2, 0.25) is 5.91 Å². The SMILES string of the molecule is C[C@H](/C=C/CCO)[C@@]1(O)C(=O)N(Cc2ccc(N3C(=O)CCc4ccccc43)cc2)c2ccc(Br)cc21. The summed E-state index contributed by atoms with van der Waals surface area (Å²) in [5.74, 6) is -0.808. The van der Waals surface area contributed by atoms with Crippen molar-refractivity contribution in [2.24, 2.45) is 5.92 Å². The molecule has 0 saturated heterocycles. The average molecular weight is 561 g/mol. The second-order valence-corrected chi connectivity index (χ2v) is 10.5. The Morgan fingerprint density at radius 2 is 1.78 bits per heavy atom. The number of carbonyl (C=O) groups excluding carboxylic acids is 2. The maximum Gasteiger partial charge on any atom is 0.264 e. The molecular weight excluding hydrogens is 532 g/mol. The lowest BCUT2D eigenvalue weighted by molar-refractivity contribution is -0.139. The second-order valence-electron chi connectivity index (χ2n) is 9.57. The number of rotatable bonds is 7. The third-order valence-electron chi connectivity index (χ3n) is 7.24. The molecule has 7 heteroatoms. The number of para-hydroxylation sites is 1. The van der Waals surface area contributed by atoms with E-state index >= 15 is 0 Å². The van der Waals surface area contributed by atoms with Gasteiger partial charge in [0.15, 0.2) is 5.60 Å². The van der Waals surface area contributed by atoms with Crippen molar-refractivity contribution in [1.29, 1.82) is 0 Å². The van der Waals surface area contributed by atoms with Gasteiger partial charge in [-0.25, -0.2) is 0 Å². The van der Waals surface area contributed by atoms with E-state index < -0.39 is 11.5 Å². The third-order valence-corrected chi connectivity index (χ3v) is 7.73. The Morgan fingerprint density at radius 1 is 1.03 bits per heavy atom. The highest BCUT2D eigenvalue weighted by atomic mass is 79.9. The van der Waals surface area contributed by atoms with Gasteiger partial charge in [-0.05, 0) is 60.4 Å². The summed E-state index contributed by atoms with van der Waals surface area (Å²) in [6.45, 7) is 2.10. The first kappa shape index (κ1) is 25.4. The molecule has 0 saturated carbocycles. The molecule has 0 spiro atoms. The van der Waals surface area contributed by atoms with E-state index in [4.69, 9.17) is 5.11 Å². The minimum Gasteiger partial charge on any atom is -0.396 e. The molecule has 3 aromatic carbocycles. The van der Waals surface area contributed by atoms with Gasteiger partial charge in [0, 0.05) is 34.7 Å². The lowest BCUT2D eigenvalue weighted by Gasteiger charge is -2.30. The van der Waals surface area contributed by atoms with Crippen LogP contribution in [0.3, 0.4) is 0 Å². The number of amides is 2. The zero-order chi connectivity index (χ0) is 26.2. The van der Waals surface area contributed by atoms with E-state index in [0.29, 0.717) is 24.1 Å². The number of hydrogen-bond acceptors (Lipinski definition) is 4. The Hall–Kier alpha value is -3.26. The largest absolute Gasteiger partial charge is 0.396 e. The quantitative estimate of drug-likeness (QED) is 0.381. The molecule has 0 bridgehead atoms. The van der Waals surface area contributed by atoms with E-state index in [0.717, 1.165) is 33.4 Å². The Labute approximate surface area is 225 Å². The Morgan fingerprint density at radius 3 is 2.54 bits per heavy atom. The Kier molecular flexibility index (Phi) is 7.03. The first-order valence-corrected chi connectivity index (χ1v) is 13.3. The minimum atomic E-state index is -1.71. The molecule has 2 N–H and O–H groups in total. The number of anilines is 3. The fourth-order valence-corrected chi connectivity index (χ4v) is 5.60. The molecule has 6 nitrogen and oxygen atoms in total. The van der Waals surface area contributed by atoms with Crippen LogP contribution in [0.1, 0.15) is 36.5 Å². The number of fused-ring (bicyclic) bond motifs is 2. The van der Waals surface area contributed by atoms with Crippen molar-refractivity contribution in [3.63, 3.8) is 0 Å². The number of hydrogen-bond donors (Lipinski definition) is 2. The van der Waals surface area contributed by atoms with Gasteiger partial charge in [-0.1, -0.05) is 65.3 Å². The van der Waals surface area contributed by atoms with Gasteiger partial charge in [-0.3, -0.25) is 14.5 Å². The Bertz CT molecular complexity index is 1370. The van der Waals surface area contributed by atoms with Crippen LogP contribution in [0.25, 0.3) is 0 Å². The predicted octanol–water partition coefficient (Wildman–Crippen LogP) is 5.37. The summed E-state index contributed by atoms with van der Waals surface area (Å²) in [4.78, 5) is 29.9. The summed E-state index contributed by atoms with van der Waals surface area (Å²) in [7, 11) is 0. The number of aliphatic hydroxyl groups is 2. The topological polar surface area (TPSA) is 81.1 Å². The summed E-state index contributed by atoms with van der Waals surface area (Å²) in [5.41, 5.74) is 3.25. The number of carbonyl (C=O) groups is 2. The molecule has 2 amide bonds. The van der Waals surface area contributed by atoms with E-state index in [1.807, 2.05) is 61.5 Å². The molecule has 190 valence electrons. The van der Waals surface area contributed by atoms with Crippen LogP contribution >= 0.6 is 15.9 Å². The fraction of sp³-hybridized carbons (Fsp3) is 0.267. The highest BCUT2D eigenvalue weighted by Crippen LogP contribution is 2.47. The number of nitrogens with zero attached hydrogens (tertiary/aromatic N) is 2. The zero-order valence-corrected chi connectivity index (χ0v) is 22.2. The molecule has 0 aliphatic carbocycles. The Balaban J connectivity index is 1.43. The molecule has 0 radical (unpaired) electrons. The smallest absolute Gasteiger partial charge is 0.264 e. The normalized spacial score (nSPS) is 19.9. The van der Waals surface area contributed by atoms with E-state index in [1.54, 1.807) is 28.0 Å². The van der Waals surface area contributed by atoms with Crippen LogP contribution in [-0.4, -0.2) is 28.6 Å². The summed E-state index contributed by atoms with van der Waals surface area (Å²) >= 11 is 3.47. The first-order chi connectivity index (χ1) is 17.8. The van der Waals surface area contributed by atoms with Crippen LogP contribution in [0.4, 0.5) is 17.1 Å². The highest BCUT2D eigenvalue weighted by molar-refractivity contribution is 9.10. The molecule has 2 aliphatic heterocycles. The van der Waals surface area contributed by atoms with E-state index in [2.05, 4.69) is 22.0 Å². The lowest BCUT2D eigenvalue weighted by atomic mass is 9.83. The van der Waals surface area contributed by atoms with Crippen LogP contribution < -0.4 is 9.80 Å². The molecule has 3 aromatic rings. The monoisotopic (exact) mass is 560 g/mol. The van der Waals surface area contributed by atoms with Crippen LogP contribution in [0.15, 0.2) is 83.4 Å². The van der Waals surface area contributed by atoms with Crippen LogP contribution in [-0.2, 0) is 28.2 Å². The van der Waals surface area contributed by atoms with Crippen molar-refractivity contribution in [3.05, 3.63) is 100 Å². The van der Waals surface area contributed by atoms with Gasteiger partial charge >= 0.3 is 0 Å². The fourth-order valence-electron chi connectivity index (χ4n) is 5.23. The molecule has 2 heterocycles. The zero-order valence-electron chi connectivity index (χ0n) is 20.6. The van der Waals surface area contributed by atoms with Gasteiger partial charge in [0.25, 0.3) is 5.91 Å². The number of benzene rings is 3. The molecular formula is C30H29BrN2O4. The summed E-state index contributed by atoms with van der Waals surface area (Å²) in [5, 5.41) is 20.8. The van der Waals surface area contributed by atoms with Crippen LogP contribution in [0.5, 0.6) is 0 Å². The summed E-state index contributed by atoms with van der Waals surface area (Å²) in [6, 6.07) is 21.1. The lowest BCUT2D eigenvalue weighted by Crippen LogP contribution is -2.44. The van der Waals surface area contributed by atoms with Gasteiger partial charge in [0.05, 0.1) is 17.9 Å². The maximum absolute atomic E-state index is 13.7. The van der Waals surface area contributed by atoms with Crippen molar-refractivity contribution in [2.75, 3.05) is 16.4 Å².